The number of anilines is 1. The predicted molar refractivity (Wildman–Crippen MR) is 72.0 cm³/mol. The standard InChI is InChI=1S/C13H12FNO3S/c1-19(17,18)15-11-4-2-3-9(7-11)10-5-6-13(16)12(14)8-10/h2-8,15-16H,1H3. The lowest BCUT2D eigenvalue weighted by Gasteiger charge is -2.07. The molecule has 2 N–H and O–H groups in total. The third-order valence-electron chi connectivity index (χ3n) is 2.45. The van der Waals surface area contributed by atoms with Crippen molar-refractivity contribution in [2.75, 3.05) is 11.0 Å². The van der Waals surface area contributed by atoms with Crippen LogP contribution in [0.15, 0.2) is 42.5 Å². The second-order valence-electron chi connectivity index (χ2n) is 4.12. The number of sulfonamides is 1. The van der Waals surface area contributed by atoms with Crippen LogP contribution in [0.1, 0.15) is 0 Å². The number of halogens is 1. The number of benzene rings is 2. The fourth-order valence-corrected chi connectivity index (χ4v) is 2.22. The highest BCUT2D eigenvalue weighted by Crippen LogP contribution is 2.26. The minimum Gasteiger partial charge on any atom is -0.505 e. The maximum atomic E-state index is 13.3. The molecule has 0 atom stereocenters. The molecule has 0 aromatic heterocycles. The van der Waals surface area contributed by atoms with E-state index in [2.05, 4.69) is 4.72 Å². The van der Waals surface area contributed by atoms with Crippen LogP contribution in [0.4, 0.5) is 10.1 Å². The van der Waals surface area contributed by atoms with Gasteiger partial charge in [-0.1, -0.05) is 18.2 Å². The molecule has 0 bridgehead atoms. The number of aromatic hydroxyl groups is 1. The first-order chi connectivity index (χ1) is 8.85. The van der Waals surface area contributed by atoms with Gasteiger partial charge in [0.25, 0.3) is 0 Å². The summed E-state index contributed by atoms with van der Waals surface area (Å²) < 4.78 is 37.9. The van der Waals surface area contributed by atoms with Crippen molar-refractivity contribution < 1.29 is 17.9 Å². The molecule has 0 aliphatic rings. The van der Waals surface area contributed by atoms with Gasteiger partial charge in [-0.05, 0) is 35.4 Å². The topological polar surface area (TPSA) is 66.4 Å². The molecule has 0 unspecified atom stereocenters. The molecule has 0 radical (unpaired) electrons. The lowest BCUT2D eigenvalue weighted by atomic mass is 10.0. The maximum absolute atomic E-state index is 13.3. The van der Waals surface area contributed by atoms with E-state index < -0.39 is 21.6 Å². The molecule has 2 aromatic carbocycles. The Bertz CT molecular complexity index is 714. The number of phenolic OH excluding ortho intramolecular Hbond substituents is 1. The van der Waals surface area contributed by atoms with E-state index in [9.17, 15) is 12.8 Å². The molecule has 0 spiro atoms. The minimum atomic E-state index is -3.36. The van der Waals surface area contributed by atoms with E-state index in [4.69, 9.17) is 5.11 Å². The van der Waals surface area contributed by atoms with E-state index in [0.717, 1.165) is 6.26 Å². The number of rotatable bonds is 3. The van der Waals surface area contributed by atoms with Crippen molar-refractivity contribution in [2.45, 2.75) is 0 Å². The van der Waals surface area contributed by atoms with Gasteiger partial charge in [0.05, 0.1) is 6.26 Å². The Morgan fingerprint density at radius 1 is 1.11 bits per heavy atom. The Labute approximate surface area is 110 Å². The van der Waals surface area contributed by atoms with Crippen LogP contribution in [0.5, 0.6) is 5.75 Å². The van der Waals surface area contributed by atoms with Crippen LogP contribution in [-0.2, 0) is 10.0 Å². The van der Waals surface area contributed by atoms with Crippen molar-refractivity contribution in [3.63, 3.8) is 0 Å². The Morgan fingerprint density at radius 3 is 2.42 bits per heavy atom. The summed E-state index contributed by atoms with van der Waals surface area (Å²) in [7, 11) is -3.36. The Morgan fingerprint density at radius 2 is 1.79 bits per heavy atom. The van der Waals surface area contributed by atoms with Crippen molar-refractivity contribution in [1.29, 1.82) is 0 Å². The number of hydrogen-bond acceptors (Lipinski definition) is 3. The second-order valence-corrected chi connectivity index (χ2v) is 5.87. The molecule has 0 saturated heterocycles. The molecule has 6 heteroatoms. The van der Waals surface area contributed by atoms with Crippen LogP contribution in [0.2, 0.25) is 0 Å². The van der Waals surface area contributed by atoms with Crippen LogP contribution in [0.3, 0.4) is 0 Å². The lowest BCUT2D eigenvalue weighted by Crippen LogP contribution is -2.09. The van der Waals surface area contributed by atoms with E-state index in [1.54, 1.807) is 30.3 Å². The lowest BCUT2D eigenvalue weighted by molar-refractivity contribution is 0.432. The van der Waals surface area contributed by atoms with Crippen LogP contribution < -0.4 is 4.72 Å². The van der Waals surface area contributed by atoms with Crippen LogP contribution in [0, 0.1) is 5.82 Å². The van der Waals surface area contributed by atoms with Crippen LogP contribution in [-0.4, -0.2) is 19.8 Å². The van der Waals surface area contributed by atoms with Crippen molar-refractivity contribution in [3.05, 3.63) is 48.3 Å². The summed E-state index contributed by atoms with van der Waals surface area (Å²) in [5, 5.41) is 9.13. The van der Waals surface area contributed by atoms with Crippen LogP contribution in [0.25, 0.3) is 11.1 Å². The molecule has 0 amide bonds. The smallest absolute Gasteiger partial charge is 0.229 e. The fraction of sp³-hybridized carbons (Fsp3) is 0.0769. The van der Waals surface area contributed by atoms with Gasteiger partial charge in [-0.2, -0.15) is 0 Å². The normalized spacial score (nSPS) is 11.3. The molecule has 0 heterocycles. The summed E-state index contributed by atoms with van der Waals surface area (Å²) in [6.07, 6.45) is 1.06. The largest absolute Gasteiger partial charge is 0.505 e. The Balaban J connectivity index is 2.40. The molecule has 2 aromatic rings. The first kappa shape index (κ1) is 13.4. The van der Waals surface area contributed by atoms with E-state index in [1.165, 1.54) is 12.1 Å². The van der Waals surface area contributed by atoms with Gasteiger partial charge in [0.2, 0.25) is 10.0 Å². The first-order valence-electron chi connectivity index (χ1n) is 5.42. The summed E-state index contributed by atoms with van der Waals surface area (Å²) >= 11 is 0. The van der Waals surface area contributed by atoms with E-state index in [-0.39, 0.29) is 0 Å². The second kappa shape index (κ2) is 4.89. The summed E-state index contributed by atoms with van der Waals surface area (Å²) in [5.41, 5.74) is 1.59. The summed E-state index contributed by atoms with van der Waals surface area (Å²) in [5.74, 6) is -1.15. The summed E-state index contributed by atoms with van der Waals surface area (Å²) in [6.45, 7) is 0. The van der Waals surface area contributed by atoms with E-state index in [1.807, 2.05) is 0 Å². The average molecular weight is 281 g/mol. The van der Waals surface area contributed by atoms with Gasteiger partial charge in [0.1, 0.15) is 0 Å². The van der Waals surface area contributed by atoms with Gasteiger partial charge in [-0.3, -0.25) is 4.72 Å². The molecule has 19 heavy (non-hydrogen) atoms. The number of phenols is 1. The zero-order valence-electron chi connectivity index (χ0n) is 10.1. The Hall–Kier alpha value is -2.08. The molecule has 0 aliphatic carbocycles. The first-order valence-corrected chi connectivity index (χ1v) is 7.31. The number of hydrogen-bond donors (Lipinski definition) is 2. The van der Waals surface area contributed by atoms with Crippen LogP contribution >= 0.6 is 0 Å². The molecule has 4 nitrogen and oxygen atoms in total. The average Bonchev–Trinajstić information content (AvgIpc) is 2.31. The highest BCUT2D eigenvalue weighted by molar-refractivity contribution is 7.92. The Kier molecular flexibility index (Phi) is 3.44. The van der Waals surface area contributed by atoms with Crippen molar-refractivity contribution >= 4 is 15.7 Å². The molecular formula is C13H12FNO3S. The molecule has 100 valence electrons. The third kappa shape index (κ3) is 3.45. The van der Waals surface area contributed by atoms with Crippen molar-refractivity contribution in [3.8, 4) is 16.9 Å². The molecule has 2 rings (SSSR count). The van der Waals surface area contributed by atoms with E-state index in [0.29, 0.717) is 16.8 Å². The minimum absolute atomic E-state index is 0.397. The summed E-state index contributed by atoms with van der Waals surface area (Å²) in [4.78, 5) is 0. The van der Waals surface area contributed by atoms with Gasteiger partial charge in [0.15, 0.2) is 11.6 Å². The molecule has 0 aliphatic heterocycles. The highest BCUT2D eigenvalue weighted by atomic mass is 32.2. The van der Waals surface area contributed by atoms with Crippen molar-refractivity contribution in [1.82, 2.24) is 0 Å². The van der Waals surface area contributed by atoms with Gasteiger partial charge in [0, 0.05) is 5.69 Å². The fourth-order valence-electron chi connectivity index (χ4n) is 1.66. The molecule has 0 fully saturated rings. The zero-order chi connectivity index (χ0) is 14.0. The number of nitrogens with one attached hydrogen (secondary N) is 1. The predicted octanol–water partition coefficient (Wildman–Crippen LogP) is 2.57. The zero-order valence-corrected chi connectivity index (χ0v) is 10.9. The maximum Gasteiger partial charge on any atom is 0.229 e. The summed E-state index contributed by atoms with van der Waals surface area (Å²) in [6, 6.07) is 10.6. The van der Waals surface area contributed by atoms with Crippen molar-refractivity contribution in [2.24, 2.45) is 0 Å². The third-order valence-corrected chi connectivity index (χ3v) is 3.05. The van der Waals surface area contributed by atoms with Gasteiger partial charge in [-0.25, -0.2) is 12.8 Å². The molecular weight excluding hydrogens is 269 g/mol. The molecule has 0 saturated carbocycles. The van der Waals surface area contributed by atoms with Gasteiger partial charge < -0.3 is 5.11 Å². The SMILES string of the molecule is CS(=O)(=O)Nc1cccc(-c2ccc(O)c(F)c2)c1. The van der Waals surface area contributed by atoms with Gasteiger partial charge in [-0.15, -0.1) is 0 Å². The van der Waals surface area contributed by atoms with E-state index >= 15 is 0 Å². The monoisotopic (exact) mass is 281 g/mol. The van der Waals surface area contributed by atoms with Gasteiger partial charge >= 0.3 is 0 Å². The highest BCUT2D eigenvalue weighted by Gasteiger charge is 2.06. The quantitative estimate of drug-likeness (QED) is 0.908.